The van der Waals surface area contributed by atoms with Crippen LogP contribution in [0.2, 0.25) is 5.02 Å². The summed E-state index contributed by atoms with van der Waals surface area (Å²) in [6.45, 7) is 6.09. The second-order valence-electron chi connectivity index (χ2n) is 7.59. The molecule has 2 heterocycles. The lowest BCUT2D eigenvalue weighted by molar-refractivity contribution is 0.102. The van der Waals surface area contributed by atoms with E-state index in [1.165, 1.54) is 0 Å². The first-order valence-electron chi connectivity index (χ1n) is 9.98. The standard InChI is InChI=1S/C24H23ClN4O2/c1-14(2)29-23-19(13-26-29)18(12-22(27-23)17-8-6-5-7-15(17)3)24(30)28-21-10-9-16(31-4)11-20(21)25/h5-14H,1-4H3,(H,28,30). The summed E-state index contributed by atoms with van der Waals surface area (Å²) in [4.78, 5) is 18.2. The number of benzene rings is 2. The molecule has 0 saturated carbocycles. The number of rotatable bonds is 5. The number of nitrogens with one attached hydrogen (secondary N) is 1. The molecular formula is C24H23ClN4O2. The predicted octanol–water partition coefficient (Wildman–Crippen LogP) is 5.90. The summed E-state index contributed by atoms with van der Waals surface area (Å²) in [5, 5.41) is 8.47. The molecule has 2 aromatic carbocycles. The smallest absolute Gasteiger partial charge is 0.256 e. The molecule has 0 unspecified atom stereocenters. The van der Waals surface area contributed by atoms with Crippen LogP contribution in [0.1, 0.15) is 35.8 Å². The molecule has 0 atom stereocenters. The number of hydrogen-bond donors (Lipinski definition) is 1. The number of nitrogens with zero attached hydrogens (tertiary/aromatic N) is 3. The molecule has 6 nitrogen and oxygen atoms in total. The zero-order valence-electron chi connectivity index (χ0n) is 17.8. The van der Waals surface area contributed by atoms with Gasteiger partial charge < -0.3 is 10.1 Å². The number of halogens is 1. The van der Waals surface area contributed by atoms with Gasteiger partial charge in [-0.2, -0.15) is 5.10 Å². The number of amides is 1. The molecule has 0 saturated heterocycles. The van der Waals surface area contributed by atoms with E-state index in [2.05, 4.69) is 10.4 Å². The van der Waals surface area contributed by atoms with Gasteiger partial charge in [0.1, 0.15) is 5.75 Å². The highest BCUT2D eigenvalue weighted by Gasteiger charge is 2.20. The Kier molecular flexibility index (Phi) is 5.65. The monoisotopic (exact) mass is 434 g/mol. The summed E-state index contributed by atoms with van der Waals surface area (Å²) in [6.07, 6.45) is 1.69. The molecule has 0 spiro atoms. The Morgan fingerprint density at radius 1 is 1.16 bits per heavy atom. The third kappa shape index (κ3) is 3.99. The van der Waals surface area contributed by atoms with Crippen molar-refractivity contribution in [2.45, 2.75) is 26.8 Å². The number of hydrogen-bond acceptors (Lipinski definition) is 4. The Hall–Kier alpha value is -3.38. The summed E-state index contributed by atoms with van der Waals surface area (Å²) in [5.74, 6) is 0.340. The van der Waals surface area contributed by atoms with Crippen molar-refractivity contribution >= 4 is 34.2 Å². The maximum absolute atomic E-state index is 13.3. The zero-order valence-corrected chi connectivity index (χ0v) is 18.6. The molecule has 0 aliphatic heterocycles. The van der Waals surface area contributed by atoms with Crippen molar-refractivity contribution in [2.24, 2.45) is 0 Å². The van der Waals surface area contributed by atoms with Crippen LogP contribution in [0.3, 0.4) is 0 Å². The van der Waals surface area contributed by atoms with Crippen LogP contribution in [0, 0.1) is 6.92 Å². The maximum Gasteiger partial charge on any atom is 0.256 e. The van der Waals surface area contributed by atoms with Crippen LogP contribution in [-0.2, 0) is 0 Å². The number of anilines is 1. The molecule has 0 aliphatic rings. The minimum Gasteiger partial charge on any atom is -0.497 e. The molecule has 7 heteroatoms. The van der Waals surface area contributed by atoms with Gasteiger partial charge >= 0.3 is 0 Å². The van der Waals surface area contributed by atoms with Gasteiger partial charge in [0.15, 0.2) is 5.65 Å². The van der Waals surface area contributed by atoms with E-state index < -0.39 is 0 Å². The number of aryl methyl sites for hydroxylation is 1. The third-order valence-electron chi connectivity index (χ3n) is 5.15. The highest BCUT2D eigenvalue weighted by atomic mass is 35.5. The largest absolute Gasteiger partial charge is 0.497 e. The minimum absolute atomic E-state index is 0.101. The van der Waals surface area contributed by atoms with E-state index in [4.69, 9.17) is 21.3 Å². The summed E-state index contributed by atoms with van der Waals surface area (Å²) in [6, 6.07) is 15.0. The number of carbonyl (C=O) groups is 1. The highest BCUT2D eigenvalue weighted by molar-refractivity contribution is 6.34. The Morgan fingerprint density at radius 3 is 2.61 bits per heavy atom. The summed E-state index contributed by atoms with van der Waals surface area (Å²) < 4.78 is 7.01. The van der Waals surface area contributed by atoms with Crippen LogP contribution in [0.15, 0.2) is 54.7 Å². The topological polar surface area (TPSA) is 69.0 Å². The zero-order chi connectivity index (χ0) is 22.1. The fraction of sp³-hybridized carbons (Fsp3) is 0.208. The first-order valence-corrected chi connectivity index (χ1v) is 10.4. The van der Waals surface area contributed by atoms with Crippen molar-refractivity contribution in [3.63, 3.8) is 0 Å². The van der Waals surface area contributed by atoms with Gasteiger partial charge in [-0.25, -0.2) is 9.67 Å². The lowest BCUT2D eigenvalue weighted by atomic mass is 10.0. The molecule has 1 N–H and O–H groups in total. The van der Waals surface area contributed by atoms with Gasteiger partial charge in [-0.15, -0.1) is 0 Å². The van der Waals surface area contributed by atoms with Crippen molar-refractivity contribution in [3.05, 3.63) is 70.9 Å². The molecular weight excluding hydrogens is 412 g/mol. The van der Waals surface area contributed by atoms with Gasteiger partial charge in [-0.05, 0) is 44.5 Å². The molecule has 0 fully saturated rings. The van der Waals surface area contributed by atoms with E-state index in [1.54, 1.807) is 31.5 Å². The third-order valence-corrected chi connectivity index (χ3v) is 5.46. The minimum atomic E-state index is -0.280. The van der Waals surface area contributed by atoms with Crippen molar-refractivity contribution in [3.8, 4) is 17.0 Å². The van der Waals surface area contributed by atoms with Gasteiger partial charge in [0, 0.05) is 17.7 Å². The van der Waals surface area contributed by atoms with Crippen molar-refractivity contribution < 1.29 is 9.53 Å². The number of methoxy groups -OCH3 is 1. The average molecular weight is 435 g/mol. The maximum atomic E-state index is 13.3. The fourth-order valence-electron chi connectivity index (χ4n) is 3.50. The van der Waals surface area contributed by atoms with Crippen molar-refractivity contribution in [1.82, 2.24) is 14.8 Å². The van der Waals surface area contributed by atoms with E-state index in [1.807, 2.05) is 55.8 Å². The van der Waals surface area contributed by atoms with Crippen LogP contribution in [0.4, 0.5) is 5.69 Å². The number of pyridine rings is 1. The number of carbonyl (C=O) groups excluding carboxylic acids is 1. The first-order chi connectivity index (χ1) is 14.9. The van der Waals surface area contributed by atoms with E-state index in [-0.39, 0.29) is 11.9 Å². The molecule has 1 amide bonds. The number of ether oxygens (including phenoxy) is 1. The van der Waals surface area contributed by atoms with E-state index in [0.29, 0.717) is 33.1 Å². The molecule has 0 aliphatic carbocycles. The average Bonchev–Trinajstić information content (AvgIpc) is 3.19. The Morgan fingerprint density at radius 2 is 1.94 bits per heavy atom. The van der Waals surface area contributed by atoms with E-state index in [0.717, 1.165) is 16.8 Å². The van der Waals surface area contributed by atoms with Crippen LogP contribution in [-0.4, -0.2) is 27.8 Å². The molecule has 158 valence electrons. The predicted molar refractivity (Wildman–Crippen MR) is 124 cm³/mol. The fourth-order valence-corrected chi connectivity index (χ4v) is 3.71. The molecule has 31 heavy (non-hydrogen) atoms. The van der Waals surface area contributed by atoms with Gasteiger partial charge in [0.2, 0.25) is 0 Å². The lowest BCUT2D eigenvalue weighted by Gasteiger charge is -2.13. The summed E-state index contributed by atoms with van der Waals surface area (Å²) in [7, 11) is 1.57. The quantitative estimate of drug-likeness (QED) is 0.424. The van der Waals surface area contributed by atoms with Crippen LogP contribution in [0.25, 0.3) is 22.3 Å². The summed E-state index contributed by atoms with van der Waals surface area (Å²) in [5.41, 5.74) is 4.43. The second kappa shape index (κ2) is 8.40. The second-order valence-corrected chi connectivity index (χ2v) is 8.00. The Bertz CT molecular complexity index is 1280. The number of fused-ring (bicyclic) bond motifs is 1. The van der Waals surface area contributed by atoms with Crippen LogP contribution >= 0.6 is 11.6 Å². The molecule has 0 radical (unpaired) electrons. The highest BCUT2D eigenvalue weighted by Crippen LogP contribution is 2.30. The lowest BCUT2D eigenvalue weighted by Crippen LogP contribution is -2.14. The van der Waals surface area contributed by atoms with Gasteiger partial charge in [0.05, 0.1) is 40.7 Å². The van der Waals surface area contributed by atoms with E-state index in [9.17, 15) is 4.79 Å². The van der Waals surface area contributed by atoms with Crippen molar-refractivity contribution in [2.75, 3.05) is 12.4 Å². The van der Waals surface area contributed by atoms with Gasteiger partial charge in [-0.1, -0.05) is 35.9 Å². The SMILES string of the molecule is COc1ccc(NC(=O)c2cc(-c3ccccc3C)nc3c2cnn3C(C)C)c(Cl)c1. The van der Waals surface area contributed by atoms with Gasteiger partial charge in [0.25, 0.3) is 5.91 Å². The van der Waals surface area contributed by atoms with Crippen molar-refractivity contribution in [1.29, 1.82) is 0 Å². The van der Waals surface area contributed by atoms with E-state index >= 15 is 0 Å². The summed E-state index contributed by atoms with van der Waals surface area (Å²) >= 11 is 6.33. The first kappa shape index (κ1) is 20.9. The van der Waals surface area contributed by atoms with Crippen LogP contribution in [0.5, 0.6) is 5.75 Å². The normalized spacial score (nSPS) is 11.2. The Labute approximate surface area is 185 Å². The molecule has 4 rings (SSSR count). The molecule has 2 aromatic heterocycles. The molecule has 0 bridgehead atoms. The number of aromatic nitrogens is 3. The molecule has 4 aromatic rings. The van der Waals surface area contributed by atoms with Gasteiger partial charge in [-0.3, -0.25) is 4.79 Å². The van der Waals surface area contributed by atoms with Crippen LogP contribution < -0.4 is 10.1 Å². The Balaban J connectivity index is 1.84.